The molecule has 3 rings (SSSR count). The van der Waals surface area contributed by atoms with E-state index < -0.39 is 0 Å². The normalized spacial score (nSPS) is 11.0. The summed E-state index contributed by atoms with van der Waals surface area (Å²) in [7, 11) is 1.63. The average molecular weight is 380 g/mol. The SMILES string of the molecule is COc1cc(C=Nc2ccc(C)cc2C)ccc1OCc1ccccc1Cl. The third-order valence-electron chi connectivity index (χ3n) is 4.23. The summed E-state index contributed by atoms with van der Waals surface area (Å²) in [5, 5.41) is 0.689. The van der Waals surface area contributed by atoms with Crippen LogP contribution in [0.2, 0.25) is 5.02 Å². The number of halogens is 1. The Morgan fingerprint density at radius 3 is 2.52 bits per heavy atom. The van der Waals surface area contributed by atoms with Gasteiger partial charge in [0.25, 0.3) is 0 Å². The van der Waals surface area contributed by atoms with E-state index in [1.54, 1.807) is 7.11 Å². The van der Waals surface area contributed by atoms with Crippen molar-refractivity contribution in [2.45, 2.75) is 20.5 Å². The smallest absolute Gasteiger partial charge is 0.161 e. The van der Waals surface area contributed by atoms with Crippen LogP contribution in [0.1, 0.15) is 22.3 Å². The van der Waals surface area contributed by atoms with Crippen LogP contribution in [0.15, 0.2) is 65.7 Å². The molecule has 0 unspecified atom stereocenters. The molecular formula is C23H22ClNO2. The van der Waals surface area contributed by atoms with E-state index in [9.17, 15) is 0 Å². The number of ether oxygens (including phenoxy) is 2. The Kier molecular flexibility index (Phi) is 6.15. The van der Waals surface area contributed by atoms with E-state index in [0.29, 0.717) is 23.1 Å². The monoisotopic (exact) mass is 379 g/mol. The first kappa shape index (κ1) is 19.0. The highest BCUT2D eigenvalue weighted by Gasteiger charge is 2.07. The Bertz CT molecular complexity index is 966. The zero-order chi connectivity index (χ0) is 19.2. The number of nitrogens with zero attached hydrogens (tertiary/aromatic N) is 1. The van der Waals surface area contributed by atoms with Crippen LogP contribution in [0.25, 0.3) is 0 Å². The predicted octanol–water partition coefficient (Wildman–Crippen LogP) is 6.30. The van der Waals surface area contributed by atoms with Crippen LogP contribution in [-0.2, 0) is 6.61 Å². The largest absolute Gasteiger partial charge is 0.493 e. The van der Waals surface area contributed by atoms with Crippen molar-refractivity contribution in [2.24, 2.45) is 4.99 Å². The second kappa shape index (κ2) is 8.74. The fourth-order valence-corrected chi connectivity index (χ4v) is 2.94. The Hall–Kier alpha value is -2.78. The minimum absolute atomic E-state index is 0.381. The minimum atomic E-state index is 0.381. The Morgan fingerprint density at radius 2 is 1.78 bits per heavy atom. The van der Waals surface area contributed by atoms with Crippen molar-refractivity contribution in [1.29, 1.82) is 0 Å². The van der Waals surface area contributed by atoms with Gasteiger partial charge in [-0.15, -0.1) is 0 Å². The van der Waals surface area contributed by atoms with Crippen molar-refractivity contribution in [3.05, 3.63) is 87.9 Å². The second-order valence-corrected chi connectivity index (χ2v) is 6.75. The predicted molar refractivity (Wildman–Crippen MR) is 112 cm³/mol. The van der Waals surface area contributed by atoms with Crippen molar-refractivity contribution in [1.82, 2.24) is 0 Å². The number of rotatable bonds is 6. The number of hydrogen-bond donors (Lipinski definition) is 0. The Morgan fingerprint density at radius 1 is 0.963 bits per heavy atom. The molecule has 0 saturated heterocycles. The highest BCUT2D eigenvalue weighted by Crippen LogP contribution is 2.29. The molecule has 0 fully saturated rings. The Labute approximate surface area is 165 Å². The molecule has 4 heteroatoms. The molecule has 0 aromatic heterocycles. The van der Waals surface area contributed by atoms with Gasteiger partial charge in [-0.3, -0.25) is 4.99 Å². The lowest BCUT2D eigenvalue weighted by atomic mass is 10.1. The lowest BCUT2D eigenvalue weighted by molar-refractivity contribution is 0.284. The summed E-state index contributed by atoms with van der Waals surface area (Å²) in [4.78, 5) is 4.59. The van der Waals surface area contributed by atoms with E-state index in [0.717, 1.165) is 22.4 Å². The second-order valence-electron chi connectivity index (χ2n) is 6.34. The molecule has 0 aliphatic heterocycles. The van der Waals surface area contributed by atoms with Crippen molar-refractivity contribution < 1.29 is 9.47 Å². The molecule has 0 amide bonds. The first-order chi connectivity index (χ1) is 13.1. The van der Waals surface area contributed by atoms with Crippen LogP contribution in [0.5, 0.6) is 11.5 Å². The maximum absolute atomic E-state index is 6.18. The number of hydrogen-bond acceptors (Lipinski definition) is 3. The molecule has 0 bridgehead atoms. The summed E-state index contributed by atoms with van der Waals surface area (Å²) in [6, 6.07) is 19.6. The average Bonchev–Trinajstić information content (AvgIpc) is 2.67. The quantitative estimate of drug-likeness (QED) is 0.471. The van der Waals surface area contributed by atoms with Crippen molar-refractivity contribution in [2.75, 3.05) is 7.11 Å². The number of aliphatic imine (C=N–C) groups is 1. The molecule has 3 nitrogen and oxygen atoms in total. The maximum atomic E-state index is 6.18. The standard InChI is InChI=1S/C23H22ClNO2/c1-16-8-10-21(17(2)12-16)25-14-18-9-11-22(23(13-18)26-3)27-15-19-6-4-5-7-20(19)24/h4-14H,15H2,1-3H3. The van der Waals surface area contributed by atoms with Crippen molar-refractivity contribution in [3.8, 4) is 11.5 Å². The van der Waals surface area contributed by atoms with Gasteiger partial charge < -0.3 is 9.47 Å². The molecule has 0 atom stereocenters. The molecule has 0 N–H and O–H groups in total. The van der Waals surface area contributed by atoms with E-state index in [1.807, 2.05) is 54.7 Å². The molecule has 27 heavy (non-hydrogen) atoms. The number of benzene rings is 3. The van der Waals surface area contributed by atoms with Gasteiger partial charge in [0.1, 0.15) is 6.61 Å². The third-order valence-corrected chi connectivity index (χ3v) is 4.60. The van der Waals surface area contributed by atoms with Crippen LogP contribution in [0.3, 0.4) is 0 Å². The summed E-state index contributed by atoms with van der Waals surface area (Å²) in [6.45, 7) is 4.52. The molecular weight excluding hydrogens is 358 g/mol. The molecule has 0 radical (unpaired) electrons. The summed E-state index contributed by atoms with van der Waals surface area (Å²) >= 11 is 6.18. The molecule has 0 aliphatic carbocycles. The van der Waals surface area contributed by atoms with Gasteiger partial charge in [0.15, 0.2) is 11.5 Å². The molecule has 3 aromatic rings. The van der Waals surface area contributed by atoms with Gasteiger partial charge in [-0.05, 0) is 55.3 Å². The lowest BCUT2D eigenvalue weighted by Crippen LogP contribution is -1.99. The van der Waals surface area contributed by atoms with Gasteiger partial charge in [0.2, 0.25) is 0 Å². The molecule has 138 valence electrons. The topological polar surface area (TPSA) is 30.8 Å². The molecule has 0 spiro atoms. The lowest BCUT2D eigenvalue weighted by Gasteiger charge is -2.12. The van der Waals surface area contributed by atoms with Crippen LogP contribution in [-0.4, -0.2) is 13.3 Å². The minimum Gasteiger partial charge on any atom is -0.493 e. The van der Waals surface area contributed by atoms with Gasteiger partial charge in [-0.2, -0.15) is 0 Å². The number of aryl methyl sites for hydroxylation is 2. The maximum Gasteiger partial charge on any atom is 0.161 e. The van der Waals surface area contributed by atoms with E-state index >= 15 is 0 Å². The number of methoxy groups -OCH3 is 1. The van der Waals surface area contributed by atoms with Crippen LogP contribution in [0, 0.1) is 13.8 Å². The zero-order valence-electron chi connectivity index (χ0n) is 15.7. The zero-order valence-corrected chi connectivity index (χ0v) is 16.5. The third kappa shape index (κ3) is 4.89. The van der Waals surface area contributed by atoms with Crippen molar-refractivity contribution in [3.63, 3.8) is 0 Å². The van der Waals surface area contributed by atoms with Crippen LogP contribution < -0.4 is 9.47 Å². The molecule has 0 saturated carbocycles. The van der Waals surface area contributed by atoms with Gasteiger partial charge in [0.05, 0.1) is 12.8 Å². The fraction of sp³-hybridized carbons (Fsp3) is 0.174. The van der Waals surface area contributed by atoms with E-state index in [1.165, 1.54) is 5.56 Å². The highest BCUT2D eigenvalue weighted by molar-refractivity contribution is 6.31. The molecule has 3 aromatic carbocycles. The highest BCUT2D eigenvalue weighted by atomic mass is 35.5. The summed E-state index contributed by atoms with van der Waals surface area (Å²) in [6.07, 6.45) is 1.83. The Balaban J connectivity index is 1.75. The van der Waals surface area contributed by atoms with E-state index in [2.05, 4.69) is 31.0 Å². The van der Waals surface area contributed by atoms with Crippen LogP contribution >= 0.6 is 11.6 Å². The van der Waals surface area contributed by atoms with Crippen LogP contribution in [0.4, 0.5) is 5.69 Å². The summed E-state index contributed by atoms with van der Waals surface area (Å²) in [5.74, 6) is 1.33. The van der Waals surface area contributed by atoms with Gasteiger partial charge in [0, 0.05) is 16.8 Å². The summed E-state index contributed by atoms with van der Waals surface area (Å²) in [5.41, 5.74) is 5.21. The molecule has 0 heterocycles. The van der Waals surface area contributed by atoms with Gasteiger partial charge in [-0.1, -0.05) is 47.5 Å². The summed E-state index contributed by atoms with van der Waals surface area (Å²) < 4.78 is 11.4. The van der Waals surface area contributed by atoms with Gasteiger partial charge in [-0.25, -0.2) is 0 Å². The molecule has 0 aliphatic rings. The van der Waals surface area contributed by atoms with Crippen molar-refractivity contribution >= 4 is 23.5 Å². The van der Waals surface area contributed by atoms with E-state index in [4.69, 9.17) is 21.1 Å². The fourth-order valence-electron chi connectivity index (χ4n) is 2.75. The van der Waals surface area contributed by atoms with Gasteiger partial charge >= 0.3 is 0 Å². The van der Waals surface area contributed by atoms with E-state index in [-0.39, 0.29) is 0 Å². The first-order valence-corrected chi connectivity index (χ1v) is 9.10. The first-order valence-electron chi connectivity index (χ1n) is 8.72.